The van der Waals surface area contributed by atoms with Crippen molar-refractivity contribution in [2.75, 3.05) is 25.0 Å². The Balaban J connectivity index is 1.86. The van der Waals surface area contributed by atoms with Crippen LogP contribution in [0.25, 0.3) is 0 Å². The van der Waals surface area contributed by atoms with E-state index in [2.05, 4.69) is 29.0 Å². The van der Waals surface area contributed by atoms with E-state index in [1.165, 1.54) is 19.5 Å². The number of hydrogen-bond donors (Lipinski definition) is 2. The zero-order chi connectivity index (χ0) is 13.8. The van der Waals surface area contributed by atoms with Gasteiger partial charge in [0.05, 0.1) is 0 Å². The highest BCUT2D eigenvalue weighted by Gasteiger charge is 2.23. The van der Waals surface area contributed by atoms with Gasteiger partial charge in [-0.25, -0.2) is 4.98 Å². The van der Waals surface area contributed by atoms with E-state index >= 15 is 0 Å². The second-order valence-electron chi connectivity index (χ2n) is 5.42. The number of aromatic nitrogens is 1. The molecule has 2 heterocycles. The average molecular weight is 278 g/mol. The number of nitrogens with one attached hydrogen (secondary N) is 1. The Morgan fingerprint density at radius 2 is 2.42 bits per heavy atom. The summed E-state index contributed by atoms with van der Waals surface area (Å²) < 4.78 is 0. The largest absolute Gasteiger partial charge is 0.389 e. The first-order valence-corrected chi connectivity index (χ1v) is 7.21. The fourth-order valence-corrected chi connectivity index (χ4v) is 2.55. The summed E-state index contributed by atoms with van der Waals surface area (Å²) in [4.78, 5) is 7.23. The van der Waals surface area contributed by atoms with E-state index < -0.39 is 0 Å². The van der Waals surface area contributed by atoms with Gasteiger partial charge < -0.3 is 16.0 Å². The van der Waals surface area contributed by atoms with Crippen LogP contribution in [0.5, 0.6) is 0 Å². The molecule has 0 radical (unpaired) electrons. The Morgan fingerprint density at radius 1 is 1.63 bits per heavy atom. The summed E-state index contributed by atoms with van der Waals surface area (Å²) in [6, 6.07) is 4.39. The molecule has 1 unspecified atom stereocenters. The fourth-order valence-electron chi connectivity index (χ4n) is 2.43. The number of anilines is 1. The Labute approximate surface area is 120 Å². The zero-order valence-electron chi connectivity index (χ0n) is 11.6. The first-order chi connectivity index (χ1) is 9.06. The van der Waals surface area contributed by atoms with Gasteiger partial charge in [-0.2, -0.15) is 0 Å². The topological polar surface area (TPSA) is 54.2 Å². The maximum Gasteiger partial charge on any atom is 0.126 e. The van der Waals surface area contributed by atoms with Gasteiger partial charge in [0, 0.05) is 30.9 Å². The van der Waals surface area contributed by atoms with Crippen LogP contribution in [0.4, 0.5) is 5.82 Å². The third-order valence-electron chi connectivity index (χ3n) is 3.66. The molecule has 4 nitrogen and oxygen atoms in total. The molecule has 1 aromatic heterocycles. The third kappa shape index (κ3) is 3.88. The van der Waals surface area contributed by atoms with Crippen molar-refractivity contribution in [3.05, 3.63) is 23.9 Å². The van der Waals surface area contributed by atoms with Gasteiger partial charge in [0.1, 0.15) is 10.8 Å². The minimum atomic E-state index is 0.414. The molecule has 2 rings (SSSR count). The average Bonchev–Trinajstić information content (AvgIpc) is 2.85. The molecule has 5 heteroatoms. The fraction of sp³-hybridized carbons (Fsp3) is 0.571. The molecule has 1 aliphatic rings. The normalized spacial score (nSPS) is 19.8. The maximum atomic E-state index is 5.62. The van der Waals surface area contributed by atoms with Crippen molar-refractivity contribution >= 4 is 23.0 Å². The number of hydrogen-bond acceptors (Lipinski definition) is 4. The Kier molecular flexibility index (Phi) is 4.71. The van der Waals surface area contributed by atoms with Crippen LogP contribution in [0.1, 0.15) is 25.8 Å². The predicted molar refractivity (Wildman–Crippen MR) is 83.4 cm³/mol. The monoisotopic (exact) mass is 278 g/mol. The van der Waals surface area contributed by atoms with Crippen LogP contribution in [0.15, 0.2) is 18.3 Å². The molecule has 0 aliphatic carbocycles. The SMILES string of the molecule is CC(C)N1CCC(CNc2cc(C(N)=S)ccn2)C1. The van der Waals surface area contributed by atoms with E-state index in [4.69, 9.17) is 18.0 Å². The van der Waals surface area contributed by atoms with Crippen LogP contribution >= 0.6 is 12.2 Å². The molecule has 1 aliphatic heterocycles. The molecule has 3 N–H and O–H groups in total. The Bertz CT molecular complexity index is 447. The molecule has 1 saturated heterocycles. The van der Waals surface area contributed by atoms with E-state index in [1.807, 2.05) is 12.1 Å². The summed E-state index contributed by atoms with van der Waals surface area (Å²) in [5.41, 5.74) is 6.49. The summed E-state index contributed by atoms with van der Waals surface area (Å²) in [6.07, 6.45) is 2.99. The molecule has 1 aromatic rings. The van der Waals surface area contributed by atoms with Crippen LogP contribution in [0.2, 0.25) is 0 Å². The molecule has 0 saturated carbocycles. The molecule has 1 atom stereocenters. The second kappa shape index (κ2) is 6.30. The van der Waals surface area contributed by atoms with Crippen molar-refractivity contribution in [2.45, 2.75) is 26.3 Å². The second-order valence-corrected chi connectivity index (χ2v) is 5.86. The summed E-state index contributed by atoms with van der Waals surface area (Å²) in [5.74, 6) is 1.55. The molecule has 0 amide bonds. The van der Waals surface area contributed by atoms with Gasteiger partial charge in [-0.05, 0) is 44.9 Å². The standard InChI is InChI=1S/C14H22N4S/c1-10(2)18-6-4-11(9-18)8-17-13-7-12(14(15)19)3-5-16-13/h3,5,7,10-11H,4,6,8-9H2,1-2H3,(H2,15,19)(H,16,17). The smallest absolute Gasteiger partial charge is 0.126 e. The van der Waals surface area contributed by atoms with Crippen LogP contribution < -0.4 is 11.1 Å². The van der Waals surface area contributed by atoms with Gasteiger partial charge in [-0.1, -0.05) is 12.2 Å². The van der Waals surface area contributed by atoms with Gasteiger partial charge in [-0.3, -0.25) is 0 Å². The number of likely N-dealkylation sites (tertiary alicyclic amines) is 1. The van der Waals surface area contributed by atoms with Crippen molar-refractivity contribution in [2.24, 2.45) is 11.7 Å². The van der Waals surface area contributed by atoms with Crippen molar-refractivity contribution in [1.82, 2.24) is 9.88 Å². The van der Waals surface area contributed by atoms with Crippen molar-refractivity contribution in [3.63, 3.8) is 0 Å². The maximum absolute atomic E-state index is 5.62. The lowest BCUT2D eigenvalue weighted by atomic mass is 10.1. The Hall–Kier alpha value is -1.20. The molecule has 0 aromatic carbocycles. The summed E-state index contributed by atoms with van der Waals surface area (Å²) in [7, 11) is 0. The molecule has 0 spiro atoms. The van der Waals surface area contributed by atoms with Crippen LogP contribution in [0, 0.1) is 5.92 Å². The highest BCUT2D eigenvalue weighted by molar-refractivity contribution is 7.80. The van der Waals surface area contributed by atoms with E-state index in [9.17, 15) is 0 Å². The first-order valence-electron chi connectivity index (χ1n) is 6.80. The number of rotatable bonds is 5. The lowest BCUT2D eigenvalue weighted by Crippen LogP contribution is -2.29. The quantitative estimate of drug-likeness (QED) is 0.805. The highest BCUT2D eigenvalue weighted by Crippen LogP contribution is 2.19. The van der Waals surface area contributed by atoms with Gasteiger partial charge in [0.2, 0.25) is 0 Å². The number of nitrogens with zero attached hydrogens (tertiary/aromatic N) is 2. The van der Waals surface area contributed by atoms with Crippen LogP contribution in [-0.2, 0) is 0 Å². The number of thiocarbonyl (C=S) groups is 1. The van der Waals surface area contributed by atoms with E-state index in [-0.39, 0.29) is 0 Å². The lowest BCUT2D eigenvalue weighted by molar-refractivity contribution is 0.266. The van der Waals surface area contributed by atoms with Crippen molar-refractivity contribution < 1.29 is 0 Å². The molecule has 1 fully saturated rings. The first kappa shape index (κ1) is 14.2. The van der Waals surface area contributed by atoms with Crippen LogP contribution in [-0.4, -0.2) is 40.5 Å². The van der Waals surface area contributed by atoms with Crippen LogP contribution in [0.3, 0.4) is 0 Å². The van der Waals surface area contributed by atoms with E-state index in [0.717, 1.165) is 17.9 Å². The van der Waals surface area contributed by atoms with Gasteiger partial charge >= 0.3 is 0 Å². The van der Waals surface area contributed by atoms with Crippen molar-refractivity contribution in [1.29, 1.82) is 0 Å². The summed E-state index contributed by atoms with van der Waals surface area (Å²) >= 11 is 4.97. The number of nitrogens with two attached hydrogens (primary N) is 1. The summed E-state index contributed by atoms with van der Waals surface area (Å²) in [6.45, 7) is 7.83. The molecule has 104 valence electrons. The molecule has 0 bridgehead atoms. The number of pyridine rings is 1. The molecular formula is C14H22N4S. The van der Waals surface area contributed by atoms with Crippen molar-refractivity contribution in [3.8, 4) is 0 Å². The van der Waals surface area contributed by atoms with E-state index in [1.54, 1.807) is 6.20 Å². The highest BCUT2D eigenvalue weighted by atomic mass is 32.1. The lowest BCUT2D eigenvalue weighted by Gasteiger charge is -2.20. The summed E-state index contributed by atoms with van der Waals surface area (Å²) in [5, 5.41) is 3.39. The van der Waals surface area contributed by atoms with Gasteiger partial charge in [0.15, 0.2) is 0 Å². The molecular weight excluding hydrogens is 256 g/mol. The zero-order valence-corrected chi connectivity index (χ0v) is 12.4. The van der Waals surface area contributed by atoms with Gasteiger partial charge in [0.25, 0.3) is 0 Å². The minimum absolute atomic E-state index is 0.414. The third-order valence-corrected chi connectivity index (χ3v) is 3.90. The minimum Gasteiger partial charge on any atom is -0.389 e. The molecule has 19 heavy (non-hydrogen) atoms. The van der Waals surface area contributed by atoms with E-state index in [0.29, 0.717) is 16.9 Å². The Morgan fingerprint density at radius 3 is 3.05 bits per heavy atom. The predicted octanol–water partition coefficient (Wildman–Crippen LogP) is 1.86. The van der Waals surface area contributed by atoms with Gasteiger partial charge in [-0.15, -0.1) is 0 Å².